The van der Waals surface area contributed by atoms with Crippen molar-refractivity contribution in [2.24, 2.45) is 0 Å². The molecule has 1 aromatic carbocycles. The minimum Gasteiger partial charge on any atom is -0.352 e. The van der Waals surface area contributed by atoms with E-state index in [-0.39, 0.29) is 11.2 Å². The lowest BCUT2D eigenvalue weighted by Crippen LogP contribution is -2.30. The number of carbonyl (C=O) groups excluding carboxylic acids is 1. The molecule has 0 saturated heterocycles. The monoisotopic (exact) mass is 299 g/mol. The third-order valence-corrected chi connectivity index (χ3v) is 4.06. The normalized spacial score (nSPS) is 11.9. The second kappa shape index (κ2) is 6.76. The van der Waals surface area contributed by atoms with Crippen LogP contribution in [0.1, 0.15) is 6.92 Å². The molecule has 1 aromatic rings. The van der Waals surface area contributed by atoms with Crippen molar-refractivity contribution < 1.29 is 4.79 Å². The second-order valence-corrected chi connectivity index (χ2v) is 5.46. The Labute approximate surface area is 109 Å². The molecule has 0 aliphatic carbocycles. The van der Waals surface area contributed by atoms with Crippen molar-refractivity contribution in [2.75, 3.05) is 6.54 Å². The van der Waals surface area contributed by atoms with Crippen molar-refractivity contribution in [2.45, 2.75) is 17.1 Å². The highest BCUT2D eigenvalue weighted by Crippen LogP contribution is 2.30. The van der Waals surface area contributed by atoms with Crippen molar-refractivity contribution in [3.63, 3.8) is 0 Å². The van der Waals surface area contributed by atoms with Crippen LogP contribution in [0.3, 0.4) is 0 Å². The average molecular weight is 300 g/mol. The fourth-order valence-electron chi connectivity index (χ4n) is 1.10. The smallest absolute Gasteiger partial charge is 0.233 e. The summed E-state index contributed by atoms with van der Waals surface area (Å²) in [6.45, 7) is 5.97. The largest absolute Gasteiger partial charge is 0.352 e. The first-order valence-corrected chi connectivity index (χ1v) is 6.62. The summed E-state index contributed by atoms with van der Waals surface area (Å²) in [7, 11) is 0. The van der Waals surface area contributed by atoms with E-state index in [1.807, 2.05) is 31.2 Å². The van der Waals surface area contributed by atoms with Crippen molar-refractivity contribution in [1.29, 1.82) is 0 Å². The minimum atomic E-state index is -0.112. The van der Waals surface area contributed by atoms with E-state index in [9.17, 15) is 4.79 Å². The summed E-state index contributed by atoms with van der Waals surface area (Å²) in [6.07, 6.45) is 1.67. The van der Waals surface area contributed by atoms with Crippen LogP contribution < -0.4 is 5.32 Å². The van der Waals surface area contributed by atoms with Gasteiger partial charge in [-0.1, -0.05) is 18.2 Å². The number of hydrogen-bond acceptors (Lipinski definition) is 2. The molecule has 1 amide bonds. The maximum atomic E-state index is 11.6. The summed E-state index contributed by atoms with van der Waals surface area (Å²) in [6, 6.07) is 7.88. The lowest BCUT2D eigenvalue weighted by atomic mass is 10.4. The molecule has 1 rings (SSSR count). The van der Waals surface area contributed by atoms with Gasteiger partial charge in [-0.2, -0.15) is 0 Å². The third-order valence-electron chi connectivity index (χ3n) is 1.93. The lowest BCUT2D eigenvalue weighted by Gasteiger charge is -2.11. The SMILES string of the molecule is C=CCNC(=O)C(C)Sc1ccccc1Br. The van der Waals surface area contributed by atoms with Gasteiger partial charge in [0.15, 0.2) is 0 Å². The number of hydrogen-bond donors (Lipinski definition) is 1. The second-order valence-electron chi connectivity index (χ2n) is 3.22. The van der Waals surface area contributed by atoms with E-state index < -0.39 is 0 Å². The molecule has 0 fully saturated rings. The van der Waals surface area contributed by atoms with Crippen molar-refractivity contribution >= 4 is 33.6 Å². The summed E-state index contributed by atoms with van der Waals surface area (Å²) in [5, 5.41) is 2.67. The summed E-state index contributed by atoms with van der Waals surface area (Å²) in [5.74, 6) is 0.0284. The predicted octanol–water partition coefficient (Wildman–Crippen LogP) is 3.23. The molecule has 0 bridgehead atoms. The third kappa shape index (κ3) is 4.02. The number of rotatable bonds is 5. The van der Waals surface area contributed by atoms with Gasteiger partial charge in [-0.15, -0.1) is 18.3 Å². The molecule has 16 heavy (non-hydrogen) atoms. The minimum absolute atomic E-state index is 0.0284. The van der Waals surface area contributed by atoms with Crippen LogP contribution in [0.2, 0.25) is 0 Å². The highest BCUT2D eigenvalue weighted by Gasteiger charge is 2.14. The molecule has 2 nitrogen and oxygen atoms in total. The molecular formula is C12H14BrNOS. The first kappa shape index (κ1) is 13.3. The molecule has 0 aliphatic heterocycles. The van der Waals surface area contributed by atoms with Gasteiger partial charge in [-0.3, -0.25) is 4.79 Å². The first-order chi connectivity index (χ1) is 7.65. The standard InChI is InChI=1S/C12H14BrNOS/c1-3-8-14-12(15)9(2)16-11-7-5-4-6-10(11)13/h3-7,9H,1,8H2,2H3,(H,14,15). The molecule has 0 radical (unpaired) electrons. The molecule has 0 saturated carbocycles. The molecule has 1 unspecified atom stereocenters. The number of halogens is 1. The Morgan fingerprint density at radius 3 is 2.94 bits per heavy atom. The van der Waals surface area contributed by atoms with Crippen LogP contribution in [0, 0.1) is 0 Å². The summed E-state index contributed by atoms with van der Waals surface area (Å²) >= 11 is 4.99. The van der Waals surface area contributed by atoms with Crippen LogP contribution in [-0.2, 0) is 4.79 Å². The Balaban J connectivity index is 2.57. The molecule has 0 heterocycles. The van der Waals surface area contributed by atoms with E-state index in [0.29, 0.717) is 6.54 Å². The fraction of sp³-hybridized carbons (Fsp3) is 0.250. The highest BCUT2D eigenvalue weighted by molar-refractivity contribution is 9.10. The average Bonchev–Trinajstić information content (AvgIpc) is 2.28. The van der Waals surface area contributed by atoms with Gasteiger partial charge in [0.1, 0.15) is 0 Å². The summed E-state index contributed by atoms with van der Waals surface area (Å²) in [5.41, 5.74) is 0. The zero-order chi connectivity index (χ0) is 12.0. The topological polar surface area (TPSA) is 29.1 Å². The summed E-state index contributed by atoms with van der Waals surface area (Å²) < 4.78 is 1.02. The molecule has 1 N–H and O–H groups in total. The molecular weight excluding hydrogens is 286 g/mol. The van der Waals surface area contributed by atoms with Crippen molar-refractivity contribution in [3.05, 3.63) is 41.4 Å². The van der Waals surface area contributed by atoms with Gasteiger partial charge in [-0.25, -0.2) is 0 Å². The van der Waals surface area contributed by atoms with E-state index in [0.717, 1.165) is 9.37 Å². The van der Waals surface area contributed by atoms with Crippen molar-refractivity contribution in [3.8, 4) is 0 Å². The predicted molar refractivity (Wildman–Crippen MR) is 72.7 cm³/mol. The first-order valence-electron chi connectivity index (χ1n) is 4.95. The van der Waals surface area contributed by atoms with Gasteiger partial charge in [-0.05, 0) is 35.0 Å². The number of nitrogens with one attached hydrogen (secondary N) is 1. The van der Waals surface area contributed by atoms with Gasteiger partial charge in [0.25, 0.3) is 0 Å². The van der Waals surface area contributed by atoms with Crippen LogP contribution in [0.4, 0.5) is 0 Å². The van der Waals surface area contributed by atoms with E-state index in [1.165, 1.54) is 11.8 Å². The molecule has 1 atom stereocenters. The number of carbonyl (C=O) groups is 1. The van der Waals surface area contributed by atoms with Crippen molar-refractivity contribution in [1.82, 2.24) is 5.32 Å². The van der Waals surface area contributed by atoms with E-state index in [1.54, 1.807) is 6.08 Å². The molecule has 4 heteroatoms. The van der Waals surface area contributed by atoms with E-state index in [4.69, 9.17) is 0 Å². The zero-order valence-electron chi connectivity index (χ0n) is 9.07. The van der Waals surface area contributed by atoms with Gasteiger partial charge >= 0.3 is 0 Å². The Morgan fingerprint density at radius 2 is 2.31 bits per heavy atom. The summed E-state index contributed by atoms with van der Waals surface area (Å²) in [4.78, 5) is 12.7. The maximum Gasteiger partial charge on any atom is 0.233 e. The van der Waals surface area contributed by atoms with Gasteiger partial charge < -0.3 is 5.32 Å². The Kier molecular flexibility index (Phi) is 5.63. The Morgan fingerprint density at radius 1 is 1.62 bits per heavy atom. The Bertz CT molecular complexity index is 381. The molecule has 0 aliphatic rings. The van der Waals surface area contributed by atoms with Crippen LogP contribution in [-0.4, -0.2) is 17.7 Å². The van der Waals surface area contributed by atoms with Crippen LogP contribution in [0.15, 0.2) is 46.3 Å². The van der Waals surface area contributed by atoms with Crippen LogP contribution in [0.5, 0.6) is 0 Å². The van der Waals surface area contributed by atoms with Gasteiger partial charge in [0.2, 0.25) is 5.91 Å². The van der Waals surface area contributed by atoms with E-state index in [2.05, 4.69) is 27.8 Å². The van der Waals surface area contributed by atoms with Gasteiger partial charge in [0.05, 0.1) is 5.25 Å². The number of benzene rings is 1. The van der Waals surface area contributed by atoms with E-state index >= 15 is 0 Å². The number of amides is 1. The zero-order valence-corrected chi connectivity index (χ0v) is 11.5. The number of thioether (sulfide) groups is 1. The Hall–Kier alpha value is -0.740. The fourth-order valence-corrected chi connectivity index (χ4v) is 2.57. The molecule has 0 spiro atoms. The van der Waals surface area contributed by atoms with Crippen LogP contribution in [0.25, 0.3) is 0 Å². The maximum absolute atomic E-state index is 11.6. The van der Waals surface area contributed by atoms with Gasteiger partial charge in [0, 0.05) is 15.9 Å². The molecule has 86 valence electrons. The highest BCUT2D eigenvalue weighted by atomic mass is 79.9. The molecule has 0 aromatic heterocycles. The lowest BCUT2D eigenvalue weighted by molar-refractivity contribution is -0.120. The van der Waals surface area contributed by atoms with Crippen LogP contribution >= 0.6 is 27.7 Å². The quantitative estimate of drug-likeness (QED) is 0.668.